The molecule has 0 aliphatic rings. The normalized spacial score (nSPS) is 13.5. The van der Waals surface area contributed by atoms with Gasteiger partial charge in [0.05, 0.1) is 34.4 Å². The summed E-state index contributed by atoms with van der Waals surface area (Å²) in [4.78, 5) is 37.5. The Balaban J connectivity index is 4.20. The Morgan fingerprint density at radius 2 is 0.704 bits per heavy atom. The van der Waals surface area contributed by atoms with Crippen LogP contribution in [-0.2, 0) is 33.3 Å². The molecule has 462 valence electrons. The van der Waals surface area contributed by atoms with E-state index in [1.54, 1.807) is 0 Å². The third-order valence-electron chi connectivity index (χ3n) is 13.7. The molecule has 0 amide bonds. The number of carboxylic acid groups (broad SMARTS) is 1. The van der Waals surface area contributed by atoms with Crippen molar-refractivity contribution in [1.82, 2.24) is 0 Å². The molecule has 0 spiro atoms. The second kappa shape index (κ2) is 61.8. The SMILES string of the molecule is CC/C=C\C/C=C\C/C=C\C/C=C\C/C=C\C/C=C\C/C=C\C/C=C\CCCCCCCCCCCCC(=O)OC(COC(=O)CCCCCCCCCCC/C=C\C/C=C\CCCCCCC)COC(OCC[N+](C)(C)C)C(=O)O. The maximum absolute atomic E-state index is 12.9. The highest BCUT2D eigenvalue weighted by molar-refractivity contribution is 5.71. The van der Waals surface area contributed by atoms with Crippen molar-refractivity contribution in [2.24, 2.45) is 0 Å². The molecule has 0 saturated carbocycles. The van der Waals surface area contributed by atoms with Crippen molar-refractivity contribution < 1.29 is 42.9 Å². The molecule has 2 unspecified atom stereocenters. The lowest BCUT2D eigenvalue weighted by molar-refractivity contribution is -0.870. The number of hydrogen-bond acceptors (Lipinski definition) is 7. The number of aliphatic carboxylic acids is 1. The average Bonchev–Trinajstić information content (AvgIpc) is 3.44. The highest BCUT2D eigenvalue weighted by Gasteiger charge is 2.25. The Morgan fingerprint density at radius 1 is 0.383 bits per heavy atom. The molecule has 0 aliphatic carbocycles. The van der Waals surface area contributed by atoms with E-state index in [0.29, 0.717) is 23.9 Å². The third-order valence-corrected chi connectivity index (χ3v) is 13.7. The minimum Gasteiger partial charge on any atom is -0.477 e. The Kier molecular flexibility index (Phi) is 58.5. The highest BCUT2D eigenvalue weighted by atomic mass is 16.7. The zero-order valence-corrected chi connectivity index (χ0v) is 52.7. The van der Waals surface area contributed by atoms with E-state index in [1.165, 1.54) is 122 Å². The average molecular weight is 1130 g/mol. The topological polar surface area (TPSA) is 108 Å². The number of carbonyl (C=O) groups is 3. The van der Waals surface area contributed by atoms with E-state index in [2.05, 4.69) is 135 Å². The zero-order chi connectivity index (χ0) is 59.1. The van der Waals surface area contributed by atoms with Crippen molar-refractivity contribution in [1.29, 1.82) is 0 Å². The van der Waals surface area contributed by atoms with Crippen LogP contribution in [-0.4, -0.2) is 87.4 Å². The van der Waals surface area contributed by atoms with Crippen LogP contribution in [0.3, 0.4) is 0 Å². The minimum absolute atomic E-state index is 0.181. The number of carbonyl (C=O) groups excluding carboxylic acids is 2. The Hall–Kier alpha value is -4.31. The van der Waals surface area contributed by atoms with Gasteiger partial charge in [-0.2, -0.15) is 0 Å². The molecular formula is C72H122NO8+. The van der Waals surface area contributed by atoms with E-state index in [9.17, 15) is 19.5 Å². The molecule has 0 rings (SSSR count). The van der Waals surface area contributed by atoms with Gasteiger partial charge in [-0.25, -0.2) is 4.79 Å². The van der Waals surface area contributed by atoms with E-state index in [-0.39, 0.29) is 32.2 Å². The lowest BCUT2D eigenvalue weighted by Crippen LogP contribution is -2.40. The number of ether oxygens (including phenoxy) is 4. The van der Waals surface area contributed by atoms with Crippen molar-refractivity contribution in [3.63, 3.8) is 0 Å². The van der Waals surface area contributed by atoms with Gasteiger partial charge in [0.25, 0.3) is 6.29 Å². The largest absolute Gasteiger partial charge is 0.477 e. The van der Waals surface area contributed by atoms with E-state index in [4.69, 9.17) is 18.9 Å². The first-order valence-electron chi connectivity index (χ1n) is 32.7. The number of quaternary nitrogens is 1. The third kappa shape index (κ3) is 63.1. The molecule has 0 fully saturated rings. The van der Waals surface area contributed by atoms with Crippen LogP contribution in [0.15, 0.2) is 122 Å². The number of carboxylic acids is 1. The van der Waals surface area contributed by atoms with Gasteiger partial charge in [0, 0.05) is 12.8 Å². The first-order valence-corrected chi connectivity index (χ1v) is 32.7. The first kappa shape index (κ1) is 76.7. The number of rotatable bonds is 59. The summed E-state index contributed by atoms with van der Waals surface area (Å²) in [6.07, 6.45) is 84.3. The molecule has 0 bridgehead atoms. The summed E-state index contributed by atoms with van der Waals surface area (Å²) in [6, 6.07) is 0. The van der Waals surface area contributed by atoms with Crippen LogP contribution in [0.25, 0.3) is 0 Å². The van der Waals surface area contributed by atoms with Gasteiger partial charge in [-0.15, -0.1) is 0 Å². The van der Waals surface area contributed by atoms with Gasteiger partial charge in [-0.05, 0) is 109 Å². The van der Waals surface area contributed by atoms with Crippen molar-refractivity contribution in [3.8, 4) is 0 Å². The van der Waals surface area contributed by atoms with Crippen molar-refractivity contribution in [3.05, 3.63) is 122 Å². The Morgan fingerprint density at radius 3 is 1.05 bits per heavy atom. The molecule has 81 heavy (non-hydrogen) atoms. The summed E-state index contributed by atoms with van der Waals surface area (Å²) >= 11 is 0. The quantitative estimate of drug-likeness (QED) is 0.0211. The van der Waals surface area contributed by atoms with Crippen LogP contribution < -0.4 is 0 Å². The summed E-state index contributed by atoms with van der Waals surface area (Å²) in [5.74, 6) is -2.02. The van der Waals surface area contributed by atoms with E-state index in [1.807, 2.05) is 21.1 Å². The molecule has 0 saturated heterocycles. The predicted octanol–water partition coefficient (Wildman–Crippen LogP) is 20.0. The smallest absolute Gasteiger partial charge is 0.361 e. The molecule has 0 aromatic heterocycles. The van der Waals surface area contributed by atoms with E-state index < -0.39 is 24.3 Å². The van der Waals surface area contributed by atoms with Gasteiger partial charge < -0.3 is 28.5 Å². The number of allylic oxidation sites excluding steroid dienone is 20. The lowest BCUT2D eigenvalue weighted by Gasteiger charge is -2.25. The van der Waals surface area contributed by atoms with Gasteiger partial charge >= 0.3 is 17.9 Å². The molecule has 9 heteroatoms. The number of likely N-dealkylation sites (N-methyl/N-ethyl adjacent to an activating group) is 1. The first-order chi connectivity index (χ1) is 39.6. The summed E-state index contributed by atoms with van der Waals surface area (Å²) in [6.45, 7) is 4.75. The molecule has 1 N–H and O–H groups in total. The van der Waals surface area contributed by atoms with Gasteiger partial charge in [-0.3, -0.25) is 9.59 Å². The van der Waals surface area contributed by atoms with Gasteiger partial charge in [-0.1, -0.05) is 257 Å². The molecule has 2 atom stereocenters. The second-order valence-electron chi connectivity index (χ2n) is 22.7. The van der Waals surface area contributed by atoms with Gasteiger partial charge in [0.1, 0.15) is 13.2 Å². The zero-order valence-electron chi connectivity index (χ0n) is 52.7. The Bertz CT molecular complexity index is 1740. The standard InChI is InChI=1S/C72H121NO8/c1-6-8-10-12-14-16-18-20-22-24-26-28-29-30-31-32-33-34-35-36-37-38-39-40-41-43-45-47-49-51-53-55-57-59-61-63-70(75)81-68(67-80-72(71(76)77)78-65-64-73(3,4)5)66-79-69(74)62-60-58-56-54-52-50-48-46-44-42-27-25-23-21-19-17-15-13-11-9-7-2/h8,10,14,16,19-22,25-28,30-31,33-34,36-37,39-40,68,72H,6-7,9,11-13,15,17-18,23-24,29,32,35,38,41-67H2,1-5H3/p+1/b10-8-,16-14-,21-19-,22-20-,27-25-,28-26-,31-30-,34-33-,37-36-,40-39-. The number of nitrogens with zero attached hydrogens (tertiary/aromatic N) is 1. The van der Waals surface area contributed by atoms with Crippen LogP contribution in [0.5, 0.6) is 0 Å². The van der Waals surface area contributed by atoms with E-state index in [0.717, 1.165) is 103 Å². The fourth-order valence-electron chi connectivity index (χ4n) is 8.71. The number of hydrogen-bond donors (Lipinski definition) is 1. The predicted molar refractivity (Wildman–Crippen MR) is 345 cm³/mol. The lowest BCUT2D eigenvalue weighted by atomic mass is 10.0. The monoisotopic (exact) mass is 1130 g/mol. The van der Waals surface area contributed by atoms with Crippen LogP contribution in [0, 0.1) is 0 Å². The molecule has 0 aromatic rings. The van der Waals surface area contributed by atoms with Crippen molar-refractivity contribution >= 4 is 17.9 Å². The molecule has 0 aromatic carbocycles. The van der Waals surface area contributed by atoms with Gasteiger partial charge in [0.2, 0.25) is 0 Å². The van der Waals surface area contributed by atoms with Crippen LogP contribution >= 0.6 is 0 Å². The number of unbranched alkanes of at least 4 members (excludes halogenated alkanes) is 24. The summed E-state index contributed by atoms with van der Waals surface area (Å²) in [5.41, 5.74) is 0. The second-order valence-corrected chi connectivity index (χ2v) is 22.7. The Labute approximate surface area is 497 Å². The maximum Gasteiger partial charge on any atom is 0.361 e. The summed E-state index contributed by atoms with van der Waals surface area (Å²) < 4.78 is 22.9. The minimum atomic E-state index is -1.52. The van der Waals surface area contributed by atoms with Gasteiger partial charge in [0.15, 0.2) is 6.10 Å². The van der Waals surface area contributed by atoms with Crippen molar-refractivity contribution in [2.75, 3.05) is 47.5 Å². The molecule has 9 nitrogen and oxygen atoms in total. The summed E-state index contributed by atoms with van der Waals surface area (Å²) in [7, 11) is 5.96. The summed E-state index contributed by atoms with van der Waals surface area (Å²) in [5, 5.41) is 9.73. The molecule has 0 radical (unpaired) electrons. The van der Waals surface area contributed by atoms with Crippen LogP contribution in [0.4, 0.5) is 0 Å². The van der Waals surface area contributed by atoms with Crippen molar-refractivity contribution in [2.45, 2.75) is 270 Å². The number of esters is 2. The maximum atomic E-state index is 12.9. The van der Waals surface area contributed by atoms with E-state index >= 15 is 0 Å². The molecule has 0 aliphatic heterocycles. The highest BCUT2D eigenvalue weighted by Crippen LogP contribution is 2.16. The fraction of sp³-hybridized carbons (Fsp3) is 0.681. The van der Waals surface area contributed by atoms with Crippen LogP contribution in [0.2, 0.25) is 0 Å². The molecular weight excluding hydrogens is 1010 g/mol. The fourth-order valence-corrected chi connectivity index (χ4v) is 8.71. The van der Waals surface area contributed by atoms with Crippen LogP contribution in [0.1, 0.15) is 258 Å². The molecule has 0 heterocycles.